The highest BCUT2D eigenvalue weighted by atomic mass is 16.4. The van der Waals surface area contributed by atoms with E-state index in [0.29, 0.717) is 29.1 Å². The lowest BCUT2D eigenvalue weighted by Gasteiger charge is -2.17. The quantitative estimate of drug-likeness (QED) is 0.608. The summed E-state index contributed by atoms with van der Waals surface area (Å²) in [5, 5.41) is 14.4. The van der Waals surface area contributed by atoms with Gasteiger partial charge in [-0.1, -0.05) is 32.0 Å². The van der Waals surface area contributed by atoms with E-state index in [1.165, 1.54) is 0 Å². The van der Waals surface area contributed by atoms with Gasteiger partial charge < -0.3 is 20.2 Å². The van der Waals surface area contributed by atoms with E-state index in [0.717, 1.165) is 5.52 Å². The number of para-hydroxylation sites is 2. The minimum Gasteiger partial charge on any atom is -0.480 e. The molecule has 0 bridgehead atoms. The Balaban J connectivity index is 1.73. The van der Waals surface area contributed by atoms with Gasteiger partial charge in [0.1, 0.15) is 11.6 Å². The topological polar surface area (TPSA) is 104 Å². The minimum absolute atomic E-state index is 0.147. The fourth-order valence-electron chi connectivity index (χ4n) is 2.74. The second-order valence-electron chi connectivity index (χ2n) is 6.69. The summed E-state index contributed by atoms with van der Waals surface area (Å²) in [7, 11) is 0. The summed E-state index contributed by atoms with van der Waals surface area (Å²) in [6, 6.07) is 13.0. The Labute approximate surface area is 156 Å². The summed E-state index contributed by atoms with van der Waals surface area (Å²) in [5.41, 5.74) is 2.66. The van der Waals surface area contributed by atoms with Gasteiger partial charge in [0.2, 0.25) is 5.89 Å². The zero-order valence-corrected chi connectivity index (χ0v) is 15.1. The number of carboxylic acid groups (broad SMARTS) is 1. The fraction of sp³-hybridized carbons (Fsp3) is 0.250. The van der Waals surface area contributed by atoms with Crippen LogP contribution in [-0.4, -0.2) is 28.1 Å². The molecule has 0 aliphatic carbocycles. The van der Waals surface area contributed by atoms with Crippen LogP contribution in [-0.2, 0) is 4.79 Å². The van der Waals surface area contributed by atoms with Crippen LogP contribution in [0.1, 0.15) is 20.3 Å². The van der Waals surface area contributed by atoms with Gasteiger partial charge in [-0.05, 0) is 42.7 Å². The summed E-state index contributed by atoms with van der Waals surface area (Å²) in [6.45, 7) is 3.80. The predicted octanol–water partition coefficient (Wildman–Crippen LogP) is 4.12. The third kappa shape index (κ3) is 4.63. The van der Waals surface area contributed by atoms with Gasteiger partial charge in [-0.25, -0.2) is 14.6 Å². The van der Waals surface area contributed by atoms with Crippen molar-refractivity contribution in [1.82, 2.24) is 10.3 Å². The molecule has 0 saturated carbocycles. The molecule has 3 rings (SSSR count). The second kappa shape index (κ2) is 7.90. The predicted molar refractivity (Wildman–Crippen MR) is 102 cm³/mol. The molecule has 0 aliphatic heterocycles. The summed E-state index contributed by atoms with van der Waals surface area (Å²) in [5.74, 6) is -0.462. The van der Waals surface area contributed by atoms with Crippen LogP contribution in [0.4, 0.5) is 10.5 Å². The molecule has 2 aromatic carbocycles. The molecule has 0 fully saturated rings. The Bertz CT molecular complexity index is 932. The number of fused-ring (bicyclic) bond motifs is 1. The molecule has 0 aliphatic rings. The number of aliphatic carboxylic acids is 1. The highest BCUT2D eigenvalue weighted by Crippen LogP contribution is 2.26. The van der Waals surface area contributed by atoms with E-state index >= 15 is 0 Å². The van der Waals surface area contributed by atoms with Gasteiger partial charge in [-0.15, -0.1) is 0 Å². The third-order valence-corrected chi connectivity index (χ3v) is 3.97. The molecular weight excluding hydrogens is 346 g/mol. The SMILES string of the molecule is CC(C)CC(NC(=O)Nc1cccc(-c2nc3ccccc3o2)c1)C(=O)O. The first kappa shape index (κ1) is 18.4. The molecule has 2 amide bonds. The van der Waals surface area contributed by atoms with Gasteiger partial charge in [0.25, 0.3) is 0 Å². The van der Waals surface area contributed by atoms with Crippen molar-refractivity contribution >= 4 is 28.8 Å². The summed E-state index contributed by atoms with van der Waals surface area (Å²) in [6.07, 6.45) is 0.353. The highest BCUT2D eigenvalue weighted by molar-refractivity contribution is 5.92. The molecule has 1 unspecified atom stereocenters. The van der Waals surface area contributed by atoms with E-state index in [1.54, 1.807) is 18.2 Å². The van der Waals surface area contributed by atoms with E-state index < -0.39 is 18.0 Å². The number of amides is 2. The van der Waals surface area contributed by atoms with Crippen LogP contribution in [0.25, 0.3) is 22.6 Å². The average Bonchev–Trinajstić information content (AvgIpc) is 3.05. The molecule has 1 atom stereocenters. The molecule has 7 heteroatoms. The zero-order chi connectivity index (χ0) is 19.4. The van der Waals surface area contributed by atoms with Crippen LogP contribution in [0.3, 0.4) is 0 Å². The number of urea groups is 1. The highest BCUT2D eigenvalue weighted by Gasteiger charge is 2.21. The van der Waals surface area contributed by atoms with E-state index in [-0.39, 0.29) is 5.92 Å². The number of hydrogen-bond donors (Lipinski definition) is 3. The minimum atomic E-state index is -1.06. The Kier molecular flexibility index (Phi) is 5.40. The lowest BCUT2D eigenvalue weighted by Crippen LogP contribution is -2.43. The van der Waals surface area contributed by atoms with E-state index in [9.17, 15) is 14.7 Å². The maximum Gasteiger partial charge on any atom is 0.326 e. The number of carboxylic acids is 1. The van der Waals surface area contributed by atoms with Crippen molar-refractivity contribution in [2.75, 3.05) is 5.32 Å². The Hall–Kier alpha value is -3.35. The smallest absolute Gasteiger partial charge is 0.326 e. The second-order valence-corrected chi connectivity index (χ2v) is 6.69. The molecule has 0 radical (unpaired) electrons. The molecule has 3 N–H and O–H groups in total. The third-order valence-electron chi connectivity index (χ3n) is 3.97. The normalized spacial score (nSPS) is 12.1. The van der Waals surface area contributed by atoms with Gasteiger partial charge in [0.15, 0.2) is 5.58 Å². The molecule has 7 nitrogen and oxygen atoms in total. The number of benzene rings is 2. The van der Waals surface area contributed by atoms with Crippen LogP contribution < -0.4 is 10.6 Å². The first-order valence-corrected chi connectivity index (χ1v) is 8.68. The van der Waals surface area contributed by atoms with Gasteiger partial charge >= 0.3 is 12.0 Å². The van der Waals surface area contributed by atoms with Crippen LogP contribution >= 0.6 is 0 Å². The molecule has 1 aromatic heterocycles. The lowest BCUT2D eigenvalue weighted by molar-refractivity contribution is -0.139. The summed E-state index contributed by atoms with van der Waals surface area (Å²) >= 11 is 0. The standard InChI is InChI=1S/C20H21N3O4/c1-12(2)10-16(19(24)25)23-20(26)21-14-7-5-6-13(11-14)18-22-15-8-3-4-9-17(15)27-18/h3-9,11-12,16H,10H2,1-2H3,(H,24,25)(H2,21,23,26). The molecule has 1 heterocycles. The Morgan fingerprint density at radius 2 is 1.93 bits per heavy atom. The van der Waals surface area contributed by atoms with Crippen LogP contribution in [0, 0.1) is 5.92 Å². The molecule has 27 heavy (non-hydrogen) atoms. The number of carbonyl (C=O) groups excluding carboxylic acids is 1. The van der Waals surface area contributed by atoms with Gasteiger partial charge in [0, 0.05) is 11.3 Å². The molecule has 0 saturated heterocycles. The van der Waals surface area contributed by atoms with Crippen molar-refractivity contribution in [1.29, 1.82) is 0 Å². The number of aromatic nitrogens is 1. The van der Waals surface area contributed by atoms with Gasteiger partial charge in [0.05, 0.1) is 0 Å². The maximum absolute atomic E-state index is 12.2. The number of rotatable bonds is 6. The van der Waals surface area contributed by atoms with Gasteiger partial charge in [-0.3, -0.25) is 0 Å². The Morgan fingerprint density at radius 1 is 1.15 bits per heavy atom. The molecule has 140 valence electrons. The van der Waals surface area contributed by atoms with Crippen LogP contribution in [0.5, 0.6) is 0 Å². The monoisotopic (exact) mass is 367 g/mol. The zero-order valence-electron chi connectivity index (χ0n) is 15.1. The largest absolute Gasteiger partial charge is 0.480 e. The Morgan fingerprint density at radius 3 is 2.63 bits per heavy atom. The number of oxazole rings is 1. The molecule has 0 spiro atoms. The molecule has 3 aromatic rings. The number of nitrogens with one attached hydrogen (secondary N) is 2. The van der Waals surface area contributed by atoms with E-state index in [4.69, 9.17) is 4.42 Å². The number of nitrogens with zero attached hydrogens (tertiary/aromatic N) is 1. The van der Waals surface area contributed by atoms with Crippen molar-refractivity contribution in [3.05, 3.63) is 48.5 Å². The number of anilines is 1. The van der Waals surface area contributed by atoms with E-state index in [1.807, 2.05) is 44.2 Å². The van der Waals surface area contributed by atoms with Crippen molar-refractivity contribution < 1.29 is 19.1 Å². The molecular formula is C20H21N3O4. The van der Waals surface area contributed by atoms with Crippen molar-refractivity contribution in [2.24, 2.45) is 5.92 Å². The first-order valence-electron chi connectivity index (χ1n) is 8.68. The maximum atomic E-state index is 12.2. The summed E-state index contributed by atoms with van der Waals surface area (Å²) in [4.78, 5) is 27.9. The van der Waals surface area contributed by atoms with Crippen molar-refractivity contribution in [3.63, 3.8) is 0 Å². The number of carbonyl (C=O) groups is 2. The van der Waals surface area contributed by atoms with Crippen LogP contribution in [0.2, 0.25) is 0 Å². The van der Waals surface area contributed by atoms with Crippen molar-refractivity contribution in [3.8, 4) is 11.5 Å². The van der Waals surface area contributed by atoms with Crippen molar-refractivity contribution in [2.45, 2.75) is 26.3 Å². The van der Waals surface area contributed by atoms with Gasteiger partial charge in [-0.2, -0.15) is 0 Å². The first-order chi connectivity index (χ1) is 12.9. The fourth-order valence-corrected chi connectivity index (χ4v) is 2.74. The summed E-state index contributed by atoms with van der Waals surface area (Å²) < 4.78 is 5.74. The van der Waals surface area contributed by atoms with E-state index in [2.05, 4.69) is 15.6 Å². The average molecular weight is 367 g/mol. The van der Waals surface area contributed by atoms with Crippen LogP contribution in [0.15, 0.2) is 52.9 Å². The lowest BCUT2D eigenvalue weighted by atomic mass is 10.0. The number of hydrogen-bond acceptors (Lipinski definition) is 4.